The van der Waals surface area contributed by atoms with Crippen molar-refractivity contribution in [3.05, 3.63) is 76.3 Å². The second-order valence-corrected chi connectivity index (χ2v) is 8.80. The Balaban J connectivity index is 1.84. The van der Waals surface area contributed by atoms with Crippen molar-refractivity contribution in [3.8, 4) is 5.75 Å². The van der Waals surface area contributed by atoms with Gasteiger partial charge in [0.1, 0.15) is 11.8 Å². The normalized spacial score (nSPS) is 12.8. The molecule has 0 unspecified atom stereocenters. The first-order valence-electron chi connectivity index (χ1n) is 10.9. The number of benzene rings is 3. The number of carbonyl (C=O) groups is 2. The van der Waals surface area contributed by atoms with E-state index in [1.54, 1.807) is 25.1 Å². The molecule has 0 aromatic heterocycles. The van der Waals surface area contributed by atoms with Crippen LogP contribution in [-0.2, 0) is 16.1 Å². The van der Waals surface area contributed by atoms with Gasteiger partial charge in [-0.25, -0.2) is 0 Å². The van der Waals surface area contributed by atoms with Gasteiger partial charge in [0.05, 0.1) is 0 Å². The molecule has 0 radical (unpaired) electrons. The summed E-state index contributed by atoms with van der Waals surface area (Å²) in [4.78, 5) is 27.6. The second kappa shape index (κ2) is 11.4. The lowest BCUT2D eigenvalue weighted by Crippen LogP contribution is -2.50. The third-order valence-electron chi connectivity index (χ3n) is 5.66. The molecule has 0 saturated carbocycles. The van der Waals surface area contributed by atoms with Crippen molar-refractivity contribution in [2.24, 2.45) is 0 Å². The molecule has 7 heteroatoms. The van der Waals surface area contributed by atoms with E-state index < -0.39 is 6.04 Å². The molecule has 0 fully saturated rings. The molecular formula is C26H28Cl2N2O3. The number of amides is 2. The lowest BCUT2D eigenvalue weighted by atomic mass is 10.1. The Kier molecular flexibility index (Phi) is 8.59. The summed E-state index contributed by atoms with van der Waals surface area (Å²) < 4.78 is 5.90. The Morgan fingerprint density at radius 1 is 0.970 bits per heavy atom. The monoisotopic (exact) mass is 486 g/mol. The largest absolute Gasteiger partial charge is 0.483 e. The van der Waals surface area contributed by atoms with Gasteiger partial charge in [0.2, 0.25) is 5.91 Å². The Hall–Kier alpha value is -2.76. The van der Waals surface area contributed by atoms with E-state index in [0.29, 0.717) is 21.4 Å². The maximum atomic E-state index is 13.3. The molecule has 0 aliphatic heterocycles. The smallest absolute Gasteiger partial charge is 0.261 e. The summed E-state index contributed by atoms with van der Waals surface area (Å²) in [6.07, 6.45) is 0.785. The van der Waals surface area contributed by atoms with Crippen LogP contribution in [0.25, 0.3) is 10.8 Å². The highest BCUT2D eigenvalue weighted by atomic mass is 35.5. The summed E-state index contributed by atoms with van der Waals surface area (Å²) in [5.41, 5.74) is 0.586. The van der Waals surface area contributed by atoms with Crippen molar-refractivity contribution in [1.29, 1.82) is 0 Å². The van der Waals surface area contributed by atoms with Gasteiger partial charge in [0.25, 0.3) is 5.91 Å². The molecule has 2 amide bonds. The fraction of sp³-hybridized carbons (Fsp3) is 0.308. The summed E-state index contributed by atoms with van der Waals surface area (Å²) in [6.45, 7) is 5.46. The van der Waals surface area contributed by atoms with Gasteiger partial charge in [0, 0.05) is 33.6 Å². The number of nitrogens with zero attached hydrogens (tertiary/aromatic N) is 1. The van der Waals surface area contributed by atoms with E-state index in [9.17, 15) is 9.59 Å². The van der Waals surface area contributed by atoms with Gasteiger partial charge in [-0.1, -0.05) is 72.6 Å². The summed E-state index contributed by atoms with van der Waals surface area (Å²) >= 11 is 12.7. The first-order valence-corrected chi connectivity index (χ1v) is 11.7. The van der Waals surface area contributed by atoms with Crippen molar-refractivity contribution in [2.75, 3.05) is 6.61 Å². The first kappa shape index (κ1) is 24.9. The van der Waals surface area contributed by atoms with Gasteiger partial charge in [-0.3, -0.25) is 9.59 Å². The lowest BCUT2D eigenvalue weighted by molar-refractivity contribution is -0.142. The number of rotatable bonds is 9. The van der Waals surface area contributed by atoms with E-state index in [4.69, 9.17) is 27.9 Å². The molecule has 0 aliphatic carbocycles. The van der Waals surface area contributed by atoms with E-state index in [0.717, 1.165) is 17.2 Å². The number of hydrogen-bond acceptors (Lipinski definition) is 3. The molecule has 0 aliphatic rings. The van der Waals surface area contributed by atoms with E-state index in [2.05, 4.69) is 5.32 Å². The molecule has 0 bridgehead atoms. The zero-order valence-corrected chi connectivity index (χ0v) is 20.5. The molecule has 5 nitrogen and oxygen atoms in total. The fourth-order valence-corrected chi connectivity index (χ4v) is 3.96. The quantitative estimate of drug-likeness (QED) is 0.412. The highest BCUT2D eigenvalue weighted by molar-refractivity contribution is 6.36. The SMILES string of the molecule is CC[C@@H](C)NC(=O)[C@H](C)N(Cc1c(Cl)cccc1Cl)C(=O)COc1cccc2ccccc12. The van der Waals surface area contributed by atoms with Crippen LogP contribution in [0.1, 0.15) is 32.8 Å². The van der Waals surface area contributed by atoms with E-state index >= 15 is 0 Å². The van der Waals surface area contributed by atoms with Gasteiger partial charge in [-0.05, 0) is 43.9 Å². The van der Waals surface area contributed by atoms with Crippen LogP contribution in [0, 0.1) is 0 Å². The number of halogens is 2. The van der Waals surface area contributed by atoms with Crippen LogP contribution < -0.4 is 10.1 Å². The highest BCUT2D eigenvalue weighted by Gasteiger charge is 2.28. The number of carbonyl (C=O) groups excluding carboxylic acids is 2. The van der Waals surface area contributed by atoms with Gasteiger partial charge in [-0.15, -0.1) is 0 Å². The van der Waals surface area contributed by atoms with Crippen LogP contribution in [0.5, 0.6) is 5.75 Å². The first-order chi connectivity index (χ1) is 15.8. The number of hydrogen-bond donors (Lipinski definition) is 1. The average Bonchev–Trinajstić information content (AvgIpc) is 2.81. The van der Waals surface area contributed by atoms with E-state index in [1.807, 2.05) is 56.3 Å². The van der Waals surface area contributed by atoms with Crippen LogP contribution in [0.4, 0.5) is 0 Å². The van der Waals surface area contributed by atoms with Gasteiger partial charge in [-0.2, -0.15) is 0 Å². The third-order valence-corrected chi connectivity index (χ3v) is 6.37. The Bertz CT molecular complexity index is 1110. The zero-order chi connectivity index (χ0) is 24.0. The standard InChI is InChI=1S/C26H28Cl2N2O3/c1-4-17(2)29-26(32)18(3)30(15-21-22(27)12-8-13-23(21)28)25(31)16-33-24-14-7-10-19-9-5-6-11-20(19)24/h5-14,17-18H,4,15-16H2,1-3H3,(H,29,32)/t17-,18+/m1/s1. The minimum atomic E-state index is -0.741. The second-order valence-electron chi connectivity index (χ2n) is 7.98. The predicted octanol–water partition coefficient (Wildman–Crippen LogP) is 5.86. The van der Waals surface area contributed by atoms with Gasteiger partial charge < -0.3 is 15.0 Å². The zero-order valence-electron chi connectivity index (χ0n) is 19.0. The minimum Gasteiger partial charge on any atom is -0.483 e. The Labute approximate surface area is 204 Å². The summed E-state index contributed by atoms with van der Waals surface area (Å²) in [6, 6.07) is 17.9. The number of nitrogens with one attached hydrogen (secondary N) is 1. The van der Waals surface area contributed by atoms with Crippen LogP contribution in [0.2, 0.25) is 10.0 Å². The predicted molar refractivity (Wildman–Crippen MR) is 134 cm³/mol. The fourth-order valence-electron chi connectivity index (χ4n) is 3.45. The lowest BCUT2D eigenvalue weighted by Gasteiger charge is -2.30. The van der Waals surface area contributed by atoms with Crippen molar-refractivity contribution in [1.82, 2.24) is 10.2 Å². The molecule has 174 valence electrons. The topological polar surface area (TPSA) is 58.6 Å². The van der Waals surface area contributed by atoms with Crippen LogP contribution >= 0.6 is 23.2 Å². The molecule has 2 atom stereocenters. The van der Waals surface area contributed by atoms with Crippen molar-refractivity contribution >= 4 is 45.8 Å². The summed E-state index contributed by atoms with van der Waals surface area (Å²) in [7, 11) is 0. The minimum absolute atomic E-state index is 0.00673. The summed E-state index contributed by atoms with van der Waals surface area (Å²) in [5, 5.41) is 5.74. The molecule has 3 rings (SSSR count). The number of fused-ring (bicyclic) bond motifs is 1. The van der Waals surface area contributed by atoms with Crippen LogP contribution in [-0.4, -0.2) is 35.4 Å². The van der Waals surface area contributed by atoms with E-state index in [1.165, 1.54) is 4.90 Å². The molecule has 3 aromatic carbocycles. The van der Waals surface area contributed by atoms with Crippen LogP contribution in [0.15, 0.2) is 60.7 Å². The molecule has 1 N–H and O–H groups in total. The summed E-state index contributed by atoms with van der Waals surface area (Å²) in [5.74, 6) is 0.0191. The maximum absolute atomic E-state index is 13.3. The molecule has 0 spiro atoms. The Morgan fingerprint density at radius 2 is 1.61 bits per heavy atom. The molecular weight excluding hydrogens is 459 g/mol. The third kappa shape index (κ3) is 6.18. The molecule has 33 heavy (non-hydrogen) atoms. The maximum Gasteiger partial charge on any atom is 0.261 e. The molecule has 0 saturated heterocycles. The van der Waals surface area contributed by atoms with Crippen molar-refractivity contribution in [2.45, 2.75) is 45.8 Å². The number of ether oxygens (including phenoxy) is 1. The molecule has 0 heterocycles. The van der Waals surface area contributed by atoms with Crippen molar-refractivity contribution in [3.63, 3.8) is 0 Å². The van der Waals surface area contributed by atoms with Crippen LogP contribution in [0.3, 0.4) is 0 Å². The van der Waals surface area contributed by atoms with Crippen molar-refractivity contribution < 1.29 is 14.3 Å². The van der Waals surface area contributed by atoms with Gasteiger partial charge in [0.15, 0.2) is 6.61 Å². The highest BCUT2D eigenvalue weighted by Crippen LogP contribution is 2.28. The molecule has 3 aromatic rings. The van der Waals surface area contributed by atoms with E-state index in [-0.39, 0.29) is 31.0 Å². The van der Waals surface area contributed by atoms with Gasteiger partial charge >= 0.3 is 0 Å². The average molecular weight is 487 g/mol. The Morgan fingerprint density at radius 3 is 2.30 bits per heavy atom.